The van der Waals surface area contributed by atoms with E-state index in [1.807, 2.05) is 0 Å². The van der Waals surface area contributed by atoms with E-state index < -0.39 is 0 Å². The van der Waals surface area contributed by atoms with Crippen LogP contribution in [-0.4, -0.2) is 18.9 Å². The smallest absolute Gasteiger partial charge is 0.143 e. The first-order valence-corrected chi connectivity index (χ1v) is 3.27. The van der Waals surface area contributed by atoms with Gasteiger partial charge in [0.25, 0.3) is 0 Å². The van der Waals surface area contributed by atoms with Gasteiger partial charge in [0.1, 0.15) is 5.78 Å². The summed E-state index contributed by atoms with van der Waals surface area (Å²) >= 11 is 0. The average molecular weight is 158 g/mol. The molecule has 6 N–H and O–H groups in total. The lowest BCUT2D eigenvalue weighted by Crippen LogP contribution is -2.27. The van der Waals surface area contributed by atoms with Crippen molar-refractivity contribution in [2.45, 2.75) is 6.92 Å². The van der Waals surface area contributed by atoms with Gasteiger partial charge in [-0.05, 0) is 6.92 Å². The Morgan fingerprint density at radius 2 is 2.18 bits per heavy atom. The Hall–Kier alpha value is -1.07. The van der Waals surface area contributed by atoms with Crippen molar-refractivity contribution < 1.29 is 4.79 Å². The van der Waals surface area contributed by atoms with Crippen LogP contribution in [0.4, 0.5) is 0 Å². The monoisotopic (exact) mass is 158 g/mol. The molecular formula is C6H14N4O. The van der Waals surface area contributed by atoms with Crippen molar-refractivity contribution in [3.05, 3.63) is 11.9 Å². The molecule has 64 valence electrons. The minimum absolute atomic E-state index is 0.0820. The van der Waals surface area contributed by atoms with Crippen LogP contribution in [0, 0.1) is 0 Å². The van der Waals surface area contributed by atoms with E-state index in [2.05, 4.69) is 10.7 Å². The second-order valence-electron chi connectivity index (χ2n) is 2.19. The number of hydrazine groups is 1. The van der Waals surface area contributed by atoms with Crippen LogP contribution in [0.3, 0.4) is 0 Å². The van der Waals surface area contributed by atoms with Gasteiger partial charge in [0.2, 0.25) is 0 Å². The van der Waals surface area contributed by atoms with Gasteiger partial charge in [-0.3, -0.25) is 10.6 Å². The molecule has 0 aliphatic rings. The quantitative estimate of drug-likeness (QED) is 0.286. The first-order chi connectivity index (χ1) is 5.16. The maximum atomic E-state index is 10.4. The third kappa shape index (κ3) is 6.82. The minimum Gasteiger partial charge on any atom is -0.400 e. The molecule has 0 saturated heterocycles. The highest BCUT2D eigenvalue weighted by Crippen LogP contribution is 1.75. The molecule has 0 aromatic carbocycles. The lowest BCUT2D eigenvalue weighted by molar-refractivity contribution is -0.116. The Morgan fingerprint density at radius 1 is 1.55 bits per heavy atom. The molecule has 0 bridgehead atoms. The summed E-state index contributed by atoms with van der Waals surface area (Å²) in [5.41, 5.74) is 8.27. The van der Waals surface area contributed by atoms with Crippen LogP contribution in [-0.2, 0) is 4.79 Å². The number of nitrogens with two attached hydrogens (primary N) is 2. The molecule has 5 heteroatoms. The second-order valence-corrected chi connectivity index (χ2v) is 2.19. The number of rotatable bonds is 5. The number of carbonyl (C=O) groups is 1. The van der Waals surface area contributed by atoms with E-state index in [1.165, 1.54) is 13.1 Å². The van der Waals surface area contributed by atoms with E-state index in [9.17, 15) is 4.79 Å². The summed E-state index contributed by atoms with van der Waals surface area (Å²) < 4.78 is 0. The molecule has 0 fully saturated rings. The predicted molar refractivity (Wildman–Crippen MR) is 43.1 cm³/mol. The Labute approximate surface area is 65.8 Å². The molecule has 0 rings (SSSR count). The van der Waals surface area contributed by atoms with E-state index in [-0.39, 0.29) is 5.78 Å². The summed E-state index contributed by atoms with van der Waals surface area (Å²) in [6, 6.07) is 0. The molecule has 0 saturated carbocycles. The molecule has 0 heterocycles. The summed E-state index contributed by atoms with van der Waals surface area (Å²) in [5, 5.41) is 2.83. The highest BCUT2D eigenvalue weighted by atomic mass is 16.1. The fourth-order valence-electron chi connectivity index (χ4n) is 0.541. The molecule has 0 atom stereocenters. The zero-order valence-electron chi connectivity index (χ0n) is 6.55. The van der Waals surface area contributed by atoms with Crippen molar-refractivity contribution >= 4 is 5.78 Å². The molecule has 0 spiro atoms. The van der Waals surface area contributed by atoms with Gasteiger partial charge in [-0.15, -0.1) is 0 Å². The van der Waals surface area contributed by atoms with Crippen LogP contribution in [0.2, 0.25) is 0 Å². The number of carbonyl (C=O) groups excluding carboxylic acids is 1. The summed E-state index contributed by atoms with van der Waals surface area (Å²) in [6.45, 7) is 2.30. The Bertz CT molecular complexity index is 155. The SMILES string of the molecule is CC(=O)CNC/C(N)=C/NN. The highest BCUT2D eigenvalue weighted by molar-refractivity contribution is 5.77. The third-order valence-electron chi connectivity index (χ3n) is 0.972. The summed E-state index contributed by atoms with van der Waals surface area (Å²) in [5.74, 6) is 5.04. The number of Topliss-reactive ketones (excluding diaryl/α,β-unsaturated/α-hetero) is 1. The molecule has 0 unspecified atom stereocenters. The van der Waals surface area contributed by atoms with Crippen LogP contribution in [0.25, 0.3) is 0 Å². The fourth-order valence-corrected chi connectivity index (χ4v) is 0.541. The van der Waals surface area contributed by atoms with Gasteiger partial charge in [-0.1, -0.05) is 0 Å². The van der Waals surface area contributed by atoms with E-state index >= 15 is 0 Å². The Balaban J connectivity index is 3.38. The number of nitrogens with one attached hydrogen (secondary N) is 2. The van der Waals surface area contributed by atoms with Crippen LogP contribution < -0.4 is 22.3 Å². The number of hydrogen-bond donors (Lipinski definition) is 4. The fraction of sp³-hybridized carbons (Fsp3) is 0.500. The minimum atomic E-state index is 0.0820. The lowest BCUT2D eigenvalue weighted by atomic mass is 10.4. The van der Waals surface area contributed by atoms with Gasteiger partial charge < -0.3 is 16.5 Å². The van der Waals surface area contributed by atoms with E-state index in [0.717, 1.165) is 0 Å². The summed E-state index contributed by atoms with van der Waals surface area (Å²) in [6.07, 6.45) is 1.47. The zero-order valence-corrected chi connectivity index (χ0v) is 6.55. The molecule has 0 aromatic rings. The van der Waals surface area contributed by atoms with E-state index in [0.29, 0.717) is 18.8 Å². The first kappa shape index (κ1) is 9.93. The molecule has 0 aromatic heterocycles. The molecular weight excluding hydrogens is 144 g/mol. The van der Waals surface area contributed by atoms with Gasteiger partial charge in [0, 0.05) is 18.4 Å². The average Bonchev–Trinajstić information content (AvgIpc) is 1.87. The van der Waals surface area contributed by atoms with Crippen molar-refractivity contribution in [1.29, 1.82) is 0 Å². The Morgan fingerprint density at radius 3 is 2.64 bits per heavy atom. The standard InChI is InChI=1S/C6H14N4O/c1-5(11)2-9-3-6(7)4-10-8/h4,9-10H,2-3,7-8H2,1H3/b6-4-. The highest BCUT2D eigenvalue weighted by Gasteiger charge is 1.92. The Kier molecular flexibility index (Phi) is 5.14. The number of hydrogen-bond acceptors (Lipinski definition) is 5. The van der Waals surface area contributed by atoms with Gasteiger partial charge in [-0.25, -0.2) is 0 Å². The van der Waals surface area contributed by atoms with Crippen molar-refractivity contribution in [3.63, 3.8) is 0 Å². The second kappa shape index (κ2) is 5.70. The van der Waals surface area contributed by atoms with Crippen LogP contribution in [0.1, 0.15) is 6.92 Å². The van der Waals surface area contributed by atoms with E-state index in [1.54, 1.807) is 0 Å². The van der Waals surface area contributed by atoms with Crippen LogP contribution in [0.5, 0.6) is 0 Å². The number of ketones is 1. The first-order valence-electron chi connectivity index (χ1n) is 3.27. The normalized spacial score (nSPS) is 11.3. The van der Waals surface area contributed by atoms with Crippen LogP contribution >= 0.6 is 0 Å². The zero-order chi connectivity index (χ0) is 8.69. The largest absolute Gasteiger partial charge is 0.400 e. The lowest BCUT2D eigenvalue weighted by Gasteiger charge is -2.01. The summed E-state index contributed by atoms with van der Waals surface area (Å²) in [4.78, 5) is 10.4. The maximum Gasteiger partial charge on any atom is 0.143 e. The molecule has 0 radical (unpaired) electrons. The maximum absolute atomic E-state index is 10.4. The molecule has 0 aliphatic heterocycles. The topological polar surface area (TPSA) is 93.2 Å². The van der Waals surface area contributed by atoms with E-state index in [4.69, 9.17) is 11.6 Å². The van der Waals surface area contributed by atoms with Gasteiger partial charge in [0.15, 0.2) is 0 Å². The molecule has 5 nitrogen and oxygen atoms in total. The summed E-state index contributed by atoms with van der Waals surface area (Å²) in [7, 11) is 0. The van der Waals surface area contributed by atoms with Gasteiger partial charge in [0.05, 0.1) is 6.54 Å². The molecule has 0 aliphatic carbocycles. The predicted octanol–water partition coefficient (Wildman–Crippen LogP) is -1.57. The van der Waals surface area contributed by atoms with Gasteiger partial charge in [-0.2, -0.15) is 0 Å². The van der Waals surface area contributed by atoms with Crippen molar-refractivity contribution in [2.75, 3.05) is 13.1 Å². The van der Waals surface area contributed by atoms with Crippen molar-refractivity contribution in [1.82, 2.24) is 10.7 Å². The van der Waals surface area contributed by atoms with Crippen LogP contribution in [0.15, 0.2) is 11.9 Å². The van der Waals surface area contributed by atoms with Crippen molar-refractivity contribution in [3.8, 4) is 0 Å². The van der Waals surface area contributed by atoms with Crippen molar-refractivity contribution in [2.24, 2.45) is 11.6 Å². The molecule has 11 heavy (non-hydrogen) atoms. The molecule has 0 amide bonds. The third-order valence-corrected chi connectivity index (χ3v) is 0.972. The van der Waals surface area contributed by atoms with Gasteiger partial charge >= 0.3 is 0 Å².